The largest absolute Gasteiger partial charge is 0.325 e. The summed E-state index contributed by atoms with van der Waals surface area (Å²) in [5.74, 6) is -0.748. The first kappa shape index (κ1) is 17.3. The van der Waals surface area contributed by atoms with Crippen LogP contribution in [0.15, 0.2) is 42.5 Å². The normalized spacial score (nSPS) is 20.7. The van der Waals surface area contributed by atoms with Crippen LogP contribution in [0.4, 0.5) is 10.5 Å². The van der Waals surface area contributed by atoms with Gasteiger partial charge < -0.3 is 10.6 Å². The fraction of sp³-hybridized carbons (Fsp3) is 0.286. The minimum atomic E-state index is -1.03. The van der Waals surface area contributed by atoms with Crippen LogP contribution >= 0.6 is 0 Å². The second kappa shape index (κ2) is 6.23. The van der Waals surface area contributed by atoms with Gasteiger partial charge in [0, 0.05) is 5.69 Å². The third-order valence-corrected chi connectivity index (χ3v) is 5.38. The lowest BCUT2D eigenvalue weighted by molar-refractivity contribution is -0.134. The number of rotatable bonds is 3. The molecule has 0 saturated carbocycles. The zero-order valence-corrected chi connectivity index (χ0v) is 15.3. The van der Waals surface area contributed by atoms with Crippen LogP contribution in [0.2, 0.25) is 0 Å². The van der Waals surface area contributed by atoms with Crippen molar-refractivity contribution in [2.45, 2.75) is 32.2 Å². The van der Waals surface area contributed by atoms with Gasteiger partial charge in [0.2, 0.25) is 5.91 Å². The number of imide groups is 1. The van der Waals surface area contributed by atoms with Crippen molar-refractivity contribution < 1.29 is 14.4 Å². The van der Waals surface area contributed by atoms with Crippen molar-refractivity contribution in [3.05, 3.63) is 64.7 Å². The molecule has 27 heavy (non-hydrogen) atoms. The van der Waals surface area contributed by atoms with Gasteiger partial charge >= 0.3 is 6.03 Å². The average molecular weight is 363 g/mol. The Morgan fingerprint density at radius 2 is 1.96 bits per heavy atom. The van der Waals surface area contributed by atoms with E-state index in [0.29, 0.717) is 12.1 Å². The molecule has 138 valence electrons. The van der Waals surface area contributed by atoms with Gasteiger partial charge in [0.15, 0.2) is 0 Å². The van der Waals surface area contributed by atoms with Crippen molar-refractivity contribution >= 4 is 23.5 Å². The molecule has 1 atom stereocenters. The number of nitrogens with one attached hydrogen (secondary N) is 2. The van der Waals surface area contributed by atoms with Crippen LogP contribution in [0.25, 0.3) is 0 Å². The summed E-state index contributed by atoms with van der Waals surface area (Å²) < 4.78 is 0. The van der Waals surface area contributed by atoms with Gasteiger partial charge in [-0.3, -0.25) is 14.5 Å². The predicted molar refractivity (Wildman–Crippen MR) is 101 cm³/mol. The van der Waals surface area contributed by atoms with Gasteiger partial charge in [0.05, 0.1) is 0 Å². The van der Waals surface area contributed by atoms with Crippen molar-refractivity contribution in [1.82, 2.24) is 10.2 Å². The average Bonchev–Trinajstić information content (AvgIpc) is 3.11. The zero-order chi connectivity index (χ0) is 19.2. The first-order valence-corrected chi connectivity index (χ1v) is 9.00. The highest BCUT2D eigenvalue weighted by atomic mass is 16.2. The molecular weight excluding hydrogens is 342 g/mol. The van der Waals surface area contributed by atoms with Gasteiger partial charge in [0.1, 0.15) is 12.1 Å². The molecule has 1 aliphatic carbocycles. The molecule has 0 bridgehead atoms. The van der Waals surface area contributed by atoms with Crippen molar-refractivity contribution in [3.63, 3.8) is 0 Å². The molecule has 2 aliphatic rings. The van der Waals surface area contributed by atoms with Crippen LogP contribution in [0, 0.1) is 13.8 Å². The molecule has 1 heterocycles. The molecule has 1 unspecified atom stereocenters. The number of nitrogens with zero attached hydrogens (tertiary/aromatic N) is 1. The van der Waals surface area contributed by atoms with Crippen molar-refractivity contribution in [2.24, 2.45) is 0 Å². The van der Waals surface area contributed by atoms with E-state index in [1.165, 1.54) is 0 Å². The summed E-state index contributed by atoms with van der Waals surface area (Å²) >= 11 is 0. The molecule has 0 radical (unpaired) electrons. The highest BCUT2D eigenvalue weighted by Gasteiger charge is 2.55. The SMILES string of the molecule is Cc1ccc(NC(=O)CN2C(=O)NC3(CCc4ccccc43)C2=O)c(C)c1. The number of hydrogen-bond donors (Lipinski definition) is 2. The molecule has 6 heteroatoms. The minimum Gasteiger partial charge on any atom is -0.324 e. The molecule has 1 saturated heterocycles. The fourth-order valence-electron chi connectivity index (χ4n) is 4.02. The molecule has 1 fully saturated rings. The summed E-state index contributed by atoms with van der Waals surface area (Å²) in [5, 5.41) is 5.62. The molecular formula is C21H21N3O3. The summed E-state index contributed by atoms with van der Waals surface area (Å²) in [6.45, 7) is 3.58. The first-order valence-electron chi connectivity index (χ1n) is 9.00. The standard InChI is InChI=1S/C21H21N3O3/c1-13-7-8-17(14(2)11-13)22-18(25)12-24-19(26)21(23-20(24)27)10-9-15-5-3-4-6-16(15)21/h3-8,11H,9-10,12H2,1-2H3,(H,22,25)(H,23,27). The van der Waals surface area contributed by atoms with Crippen LogP contribution in [-0.4, -0.2) is 29.3 Å². The predicted octanol–water partition coefficient (Wildman–Crippen LogP) is 2.64. The number of benzene rings is 2. The maximum Gasteiger partial charge on any atom is 0.325 e. The molecule has 0 aromatic heterocycles. The van der Waals surface area contributed by atoms with Crippen LogP contribution in [0.1, 0.15) is 28.7 Å². The van der Waals surface area contributed by atoms with Gasteiger partial charge in [-0.25, -0.2) is 4.79 Å². The Hall–Kier alpha value is -3.15. The van der Waals surface area contributed by atoms with E-state index in [1.54, 1.807) is 0 Å². The third-order valence-electron chi connectivity index (χ3n) is 5.38. The summed E-state index contributed by atoms with van der Waals surface area (Å²) in [6, 6.07) is 12.8. The van der Waals surface area contributed by atoms with Crippen molar-refractivity contribution in [2.75, 3.05) is 11.9 Å². The van der Waals surface area contributed by atoms with Gasteiger partial charge in [-0.15, -0.1) is 0 Å². The Morgan fingerprint density at radius 3 is 2.74 bits per heavy atom. The maximum absolute atomic E-state index is 13.1. The summed E-state index contributed by atoms with van der Waals surface area (Å²) in [5.41, 5.74) is 3.57. The quantitative estimate of drug-likeness (QED) is 0.823. The first-order chi connectivity index (χ1) is 12.9. The number of urea groups is 1. The van der Waals surface area contributed by atoms with Crippen molar-refractivity contribution in [3.8, 4) is 0 Å². The van der Waals surface area contributed by atoms with Gasteiger partial charge in [-0.2, -0.15) is 0 Å². The van der Waals surface area contributed by atoms with Crippen LogP contribution < -0.4 is 10.6 Å². The van der Waals surface area contributed by atoms with E-state index in [9.17, 15) is 14.4 Å². The molecule has 2 aromatic carbocycles. The Labute approximate surface area is 157 Å². The lowest BCUT2D eigenvalue weighted by Crippen LogP contribution is -2.43. The van der Waals surface area contributed by atoms with E-state index in [2.05, 4.69) is 10.6 Å². The molecule has 1 spiro atoms. The van der Waals surface area contributed by atoms with E-state index in [0.717, 1.165) is 33.6 Å². The van der Waals surface area contributed by atoms with E-state index < -0.39 is 17.5 Å². The highest BCUT2D eigenvalue weighted by molar-refractivity contribution is 6.11. The minimum absolute atomic E-state index is 0.304. The highest BCUT2D eigenvalue weighted by Crippen LogP contribution is 2.41. The number of aryl methyl sites for hydroxylation is 3. The zero-order valence-electron chi connectivity index (χ0n) is 15.3. The molecule has 4 rings (SSSR count). The number of amides is 4. The Bertz CT molecular complexity index is 969. The Morgan fingerprint density at radius 1 is 1.19 bits per heavy atom. The molecule has 2 aromatic rings. The lowest BCUT2D eigenvalue weighted by atomic mass is 9.92. The summed E-state index contributed by atoms with van der Waals surface area (Å²) in [7, 11) is 0. The van der Waals surface area contributed by atoms with Crippen LogP contribution in [-0.2, 0) is 21.5 Å². The molecule has 4 amide bonds. The fourth-order valence-corrected chi connectivity index (χ4v) is 4.02. The second-order valence-electron chi connectivity index (χ2n) is 7.25. The van der Waals surface area contributed by atoms with Crippen LogP contribution in [0.5, 0.6) is 0 Å². The molecule has 1 aliphatic heterocycles. The van der Waals surface area contributed by atoms with Crippen LogP contribution in [0.3, 0.4) is 0 Å². The smallest absolute Gasteiger partial charge is 0.324 e. The van der Waals surface area contributed by atoms with E-state index in [4.69, 9.17) is 0 Å². The number of hydrogen-bond acceptors (Lipinski definition) is 3. The number of anilines is 1. The van der Waals surface area contributed by atoms with Gasteiger partial charge in [-0.1, -0.05) is 42.0 Å². The number of carbonyl (C=O) groups excluding carboxylic acids is 3. The molecule has 2 N–H and O–H groups in total. The second-order valence-corrected chi connectivity index (χ2v) is 7.25. The van der Waals surface area contributed by atoms with E-state index >= 15 is 0 Å². The van der Waals surface area contributed by atoms with Gasteiger partial charge in [0.25, 0.3) is 5.91 Å². The maximum atomic E-state index is 13.1. The number of carbonyl (C=O) groups is 3. The van der Waals surface area contributed by atoms with Gasteiger partial charge in [-0.05, 0) is 49.4 Å². The Balaban J connectivity index is 1.53. The number of fused-ring (bicyclic) bond motifs is 2. The van der Waals surface area contributed by atoms with E-state index in [1.807, 2.05) is 56.3 Å². The third kappa shape index (κ3) is 2.77. The summed E-state index contributed by atoms with van der Waals surface area (Å²) in [4.78, 5) is 39.0. The monoisotopic (exact) mass is 363 g/mol. The molecule has 6 nitrogen and oxygen atoms in total. The lowest BCUT2D eigenvalue weighted by Gasteiger charge is -2.22. The van der Waals surface area contributed by atoms with Crippen molar-refractivity contribution in [1.29, 1.82) is 0 Å². The van der Waals surface area contributed by atoms with E-state index in [-0.39, 0.29) is 12.5 Å². The summed E-state index contributed by atoms with van der Waals surface area (Å²) in [6.07, 6.45) is 1.25. The topological polar surface area (TPSA) is 78.5 Å². The Kier molecular flexibility index (Phi) is 3.98.